The number of aliphatic hydroxyl groups is 1. The van der Waals surface area contributed by atoms with Gasteiger partial charge in [-0.3, -0.25) is 0 Å². The van der Waals surface area contributed by atoms with Crippen LogP contribution in [0.25, 0.3) is 0 Å². The minimum absolute atomic E-state index is 0.0385. The van der Waals surface area contributed by atoms with E-state index in [1.165, 1.54) is 6.92 Å². The summed E-state index contributed by atoms with van der Waals surface area (Å²) in [6, 6.07) is 0. The summed E-state index contributed by atoms with van der Waals surface area (Å²) in [6.07, 6.45) is 2.02. The molecule has 0 saturated carbocycles. The molecule has 0 aromatic rings. The summed E-state index contributed by atoms with van der Waals surface area (Å²) >= 11 is 0. The van der Waals surface area contributed by atoms with Crippen LogP contribution in [0.2, 0.25) is 0 Å². The van der Waals surface area contributed by atoms with Gasteiger partial charge < -0.3 is 14.6 Å². The summed E-state index contributed by atoms with van der Waals surface area (Å²) in [7, 11) is 0. The molecule has 2 unspecified atom stereocenters. The molecule has 74 valence electrons. The molecule has 3 nitrogen and oxygen atoms in total. The molecule has 0 heterocycles. The standard InChI is InChI=1S/C9H20O3/c1-5-7-8(3)12-9(4,10)11-6-2/h8,10H,5-7H2,1-4H3. The van der Waals surface area contributed by atoms with E-state index in [4.69, 9.17) is 9.47 Å². The maximum atomic E-state index is 9.47. The highest BCUT2D eigenvalue weighted by molar-refractivity contribution is 4.52. The van der Waals surface area contributed by atoms with Crippen molar-refractivity contribution in [1.82, 2.24) is 0 Å². The van der Waals surface area contributed by atoms with E-state index in [-0.39, 0.29) is 6.10 Å². The lowest BCUT2D eigenvalue weighted by Crippen LogP contribution is -2.35. The molecule has 1 N–H and O–H groups in total. The maximum absolute atomic E-state index is 9.47. The third-order valence-electron chi connectivity index (χ3n) is 1.53. The smallest absolute Gasteiger partial charge is 0.277 e. The van der Waals surface area contributed by atoms with Gasteiger partial charge in [-0.2, -0.15) is 0 Å². The van der Waals surface area contributed by atoms with Gasteiger partial charge in [-0.05, 0) is 20.3 Å². The second kappa shape index (κ2) is 5.51. The highest BCUT2D eigenvalue weighted by Crippen LogP contribution is 2.13. The largest absolute Gasteiger partial charge is 0.344 e. The highest BCUT2D eigenvalue weighted by Gasteiger charge is 2.23. The van der Waals surface area contributed by atoms with Crippen LogP contribution in [0.5, 0.6) is 0 Å². The second-order valence-corrected chi connectivity index (χ2v) is 3.05. The van der Waals surface area contributed by atoms with Gasteiger partial charge in [0.25, 0.3) is 5.97 Å². The van der Waals surface area contributed by atoms with Gasteiger partial charge in [0.2, 0.25) is 0 Å². The molecular formula is C9H20O3. The fraction of sp³-hybridized carbons (Fsp3) is 1.00. The Kier molecular flexibility index (Phi) is 5.46. The molecule has 0 saturated heterocycles. The third-order valence-corrected chi connectivity index (χ3v) is 1.53. The monoisotopic (exact) mass is 176 g/mol. The zero-order valence-electron chi connectivity index (χ0n) is 8.46. The quantitative estimate of drug-likeness (QED) is 0.628. The first-order valence-corrected chi connectivity index (χ1v) is 4.56. The zero-order valence-corrected chi connectivity index (χ0v) is 8.46. The number of hydrogen-bond acceptors (Lipinski definition) is 3. The number of ether oxygens (including phenoxy) is 2. The number of rotatable bonds is 6. The molecule has 0 aromatic heterocycles. The predicted octanol–water partition coefficient (Wildman–Crippen LogP) is 1.89. The fourth-order valence-electron chi connectivity index (χ4n) is 1.14. The van der Waals surface area contributed by atoms with E-state index in [1.54, 1.807) is 0 Å². The summed E-state index contributed by atoms with van der Waals surface area (Å²) < 4.78 is 10.2. The van der Waals surface area contributed by atoms with Crippen LogP contribution in [0, 0.1) is 0 Å². The molecule has 0 radical (unpaired) electrons. The topological polar surface area (TPSA) is 38.7 Å². The molecular weight excluding hydrogens is 156 g/mol. The molecule has 0 spiro atoms. The van der Waals surface area contributed by atoms with Crippen LogP contribution in [-0.2, 0) is 9.47 Å². The summed E-state index contributed by atoms with van der Waals surface area (Å²) in [4.78, 5) is 0. The van der Waals surface area contributed by atoms with Gasteiger partial charge in [0, 0.05) is 13.5 Å². The van der Waals surface area contributed by atoms with Crippen LogP contribution in [-0.4, -0.2) is 23.8 Å². The Bertz CT molecular complexity index is 112. The molecule has 0 aliphatic heterocycles. The van der Waals surface area contributed by atoms with E-state index in [2.05, 4.69) is 6.92 Å². The van der Waals surface area contributed by atoms with Gasteiger partial charge in [-0.1, -0.05) is 13.3 Å². The summed E-state index contributed by atoms with van der Waals surface area (Å²) in [6.45, 7) is 7.79. The van der Waals surface area contributed by atoms with Crippen molar-refractivity contribution in [1.29, 1.82) is 0 Å². The van der Waals surface area contributed by atoms with Gasteiger partial charge in [0.1, 0.15) is 0 Å². The van der Waals surface area contributed by atoms with Crippen LogP contribution in [0.1, 0.15) is 40.5 Å². The van der Waals surface area contributed by atoms with Crippen LogP contribution in [0.3, 0.4) is 0 Å². The lowest BCUT2D eigenvalue weighted by Gasteiger charge is -2.26. The van der Waals surface area contributed by atoms with E-state index in [1.807, 2.05) is 13.8 Å². The predicted molar refractivity (Wildman–Crippen MR) is 47.7 cm³/mol. The lowest BCUT2D eigenvalue weighted by molar-refractivity contribution is -0.361. The second-order valence-electron chi connectivity index (χ2n) is 3.05. The molecule has 3 heteroatoms. The Hall–Kier alpha value is -0.120. The molecule has 0 amide bonds. The first-order valence-electron chi connectivity index (χ1n) is 4.56. The fourth-order valence-corrected chi connectivity index (χ4v) is 1.14. The lowest BCUT2D eigenvalue weighted by atomic mass is 10.2. The average Bonchev–Trinajstić information content (AvgIpc) is 1.85. The molecule has 0 bridgehead atoms. The maximum Gasteiger partial charge on any atom is 0.277 e. The normalized spacial score (nSPS) is 18.8. The van der Waals surface area contributed by atoms with Crippen molar-refractivity contribution in [2.75, 3.05) is 6.61 Å². The van der Waals surface area contributed by atoms with Crippen molar-refractivity contribution in [3.63, 3.8) is 0 Å². The van der Waals surface area contributed by atoms with Gasteiger partial charge in [-0.15, -0.1) is 0 Å². The van der Waals surface area contributed by atoms with Crippen molar-refractivity contribution >= 4 is 0 Å². The average molecular weight is 176 g/mol. The van der Waals surface area contributed by atoms with E-state index < -0.39 is 5.97 Å². The van der Waals surface area contributed by atoms with Crippen molar-refractivity contribution in [2.45, 2.75) is 52.6 Å². The van der Waals surface area contributed by atoms with Crippen molar-refractivity contribution < 1.29 is 14.6 Å². The molecule has 0 rings (SSSR count). The van der Waals surface area contributed by atoms with Crippen molar-refractivity contribution in [3.05, 3.63) is 0 Å². The third kappa shape index (κ3) is 5.52. The number of hydrogen-bond donors (Lipinski definition) is 1. The van der Waals surface area contributed by atoms with E-state index in [9.17, 15) is 5.11 Å². The van der Waals surface area contributed by atoms with Gasteiger partial charge >= 0.3 is 0 Å². The van der Waals surface area contributed by atoms with Gasteiger partial charge in [-0.25, -0.2) is 0 Å². The Morgan fingerprint density at radius 3 is 2.42 bits per heavy atom. The molecule has 0 aliphatic carbocycles. The molecule has 0 fully saturated rings. The van der Waals surface area contributed by atoms with Crippen LogP contribution >= 0.6 is 0 Å². The minimum Gasteiger partial charge on any atom is -0.344 e. The summed E-state index contributed by atoms with van der Waals surface area (Å²) in [5, 5.41) is 9.47. The Morgan fingerprint density at radius 1 is 1.42 bits per heavy atom. The first kappa shape index (κ1) is 11.9. The summed E-state index contributed by atoms with van der Waals surface area (Å²) in [5.41, 5.74) is 0. The van der Waals surface area contributed by atoms with E-state index in [0.29, 0.717) is 6.61 Å². The Labute approximate surface area is 74.7 Å². The Balaban J connectivity index is 3.70. The van der Waals surface area contributed by atoms with Crippen molar-refractivity contribution in [3.8, 4) is 0 Å². The van der Waals surface area contributed by atoms with E-state index in [0.717, 1.165) is 12.8 Å². The molecule has 2 atom stereocenters. The summed E-state index contributed by atoms with van der Waals surface area (Å²) in [5.74, 6) is -1.43. The van der Waals surface area contributed by atoms with E-state index >= 15 is 0 Å². The minimum atomic E-state index is -1.43. The van der Waals surface area contributed by atoms with Crippen LogP contribution in [0.15, 0.2) is 0 Å². The highest BCUT2D eigenvalue weighted by atomic mass is 16.8. The van der Waals surface area contributed by atoms with Crippen molar-refractivity contribution in [2.24, 2.45) is 0 Å². The molecule has 12 heavy (non-hydrogen) atoms. The van der Waals surface area contributed by atoms with Crippen LogP contribution < -0.4 is 0 Å². The first-order chi connectivity index (χ1) is 5.52. The molecule has 0 aromatic carbocycles. The zero-order chi connectivity index (χ0) is 9.61. The van der Waals surface area contributed by atoms with Crippen LogP contribution in [0.4, 0.5) is 0 Å². The molecule has 0 aliphatic rings. The SMILES string of the molecule is CCCC(C)OC(C)(O)OCC. The van der Waals surface area contributed by atoms with Gasteiger partial charge in [0.15, 0.2) is 0 Å². The van der Waals surface area contributed by atoms with Gasteiger partial charge in [0.05, 0.1) is 6.10 Å². The Morgan fingerprint density at radius 2 is 2.00 bits per heavy atom.